The Morgan fingerprint density at radius 1 is 1.62 bits per heavy atom. The summed E-state index contributed by atoms with van der Waals surface area (Å²) in [7, 11) is 1.46. The second-order valence-corrected chi connectivity index (χ2v) is 2.71. The zero-order chi connectivity index (χ0) is 10.2. The van der Waals surface area contributed by atoms with Crippen molar-refractivity contribution in [2.45, 2.75) is 6.92 Å². The molecule has 0 atom stereocenters. The Morgan fingerprint density at radius 3 is 2.62 bits per heavy atom. The van der Waals surface area contributed by atoms with Crippen molar-refractivity contribution in [1.82, 2.24) is 4.57 Å². The molecule has 13 heavy (non-hydrogen) atoms. The van der Waals surface area contributed by atoms with Gasteiger partial charge in [0.05, 0.1) is 4.92 Å². The van der Waals surface area contributed by atoms with E-state index in [4.69, 9.17) is 5.73 Å². The molecule has 1 aromatic heterocycles. The van der Waals surface area contributed by atoms with E-state index >= 15 is 0 Å². The molecule has 0 aliphatic carbocycles. The van der Waals surface area contributed by atoms with Gasteiger partial charge in [-0.2, -0.15) is 0 Å². The van der Waals surface area contributed by atoms with Gasteiger partial charge in [-0.25, -0.2) is 0 Å². The van der Waals surface area contributed by atoms with E-state index in [1.54, 1.807) is 6.92 Å². The molecule has 0 aromatic carbocycles. The van der Waals surface area contributed by atoms with Crippen LogP contribution in [0.5, 0.6) is 0 Å². The Balaban J connectivity index is 3.63. The van der Waals surface area contributed by atoms with Crippen LogP contribution in [-0.2, 0) is 7.05 Å². The van der Waals surface area contributed by atoms with Crippen molar-refractivity contribution in [3.63, 3.8) is 0 Å². The highest BCUT2D eigenvalue weighted by molar-refractivity contribution is 5.57. The molecule has 0 saturated carbocycles. The van der Waals surface area contributed by atoms with Gasteiger partial charge in [0.15, 0.2) is 0 Å². The lowest BCUT2D eigenvalue weighted by atomic mass is 10.3. The molecule has 2 N–H and O–H groups in total. The number of nitrogens with zero attached hydrogens (tertiary/aromatic N) is 2. The highest BCUT2D eigenvalue weighted by atomic mass is 16.6. The minimum atomic E-state index is -0.767. The average molecular weight is 183 g/mol. The number of hydrogen-bond donors (Lipinski definition) is 1. The lowest BCUT2D eigenvalue weighted by Gasteiger charge is -2.03. The van der Waals surface area contributed by atoms with Crippen molar-refractivity contribution < 1.29 is 4.92 Å². The van der Waals surface area contributed by atoms with Gasteiger partial charge in [-0.15, -0.1) is 0 Å². The molecule has 0 spiro atoms. The highest BCUT2D eigenvalue weighted by Gasteiger charge is 2.19. The summed E-state index contributed by atoms with van der Waals surface area (Å²) >= 11 is 0. The molecule has 0 fully saturated rings. The Kier molecular flexibility index (Phi) is 2.05. The Morgan fingerprint density at radius 2 is 2.15 bits per heavy atom. The van der Waals surface area contributed by atoms with Crippen LogP contribution < -0.4 is 11.3 Å². The molecule has 1 rings (SSSR count). The first kappa shape index (κ1) is 9.24. The molecule has 6 heteroatoms. The molecule has 0 aliphatic heterocycles. The molecule has 0 radical (unpaired) electrons. The van der Waals surface area contributed by atoms with Crippen LogP contribution in [0.3, 0.4) is 0 Å². The van der Waals surface area contributed by atoms with Gasteiger partial charge in [-0.05, 0) is 13.0 Å². The fraction of sp³-hybridized carbons (Fsp3) is 0.286. The Labute approximate surface area is 73.7 Å². The fourth-order valence-corrected chi connectivity index (χ4v) is 1.02. The third-order valence-corrected chi connectivity index (χ3v) is 1.86. The molecule has 0 unspecified atom stereocenters. The number of nitrogens with two attached hydrogens (primary N) is 1. The van der Waals surface area contributed by atoms with Crippen molar-refractivity contribution in [2.75, 3.05) is 5.73 Å². The van der Waals surface area contributed by atoms with E-state index in [0.29, 0.717) is 5.69 Å². The molecule has 70 valence electrons. The maximum atomic E-state index is 11.3. The summed E-state index contributed by atoms with van der Waals surface area (Å²) in [6, 6.07) is 1.40. The highest BCUT2D eigenvalue weighted by Crippen LogP contribution is 2.15. The lowest BCUT2D eigenvalue weighted by Crippen LogP contribution is -2.23. The van der Waals surface area contributed by atoms with Gasteiger partial charge in [-0.3, -0.25) is 14.9 Å². The van der Waals surface area contributed by atoms with Gasteiger partial charge >= 0.3 is 11.2 Å². The van der Waals surface area contributed by atoms with Crippen molar-refractivity contribution in [3.8, 4) is 0 Å². The monoisotopic (exact) mass is 183 g/mol. The maximum absolute atomic E-state index is 11.3. The first-order chi connectivity index (χ1) is 5.95. The van der Waals surface area contributed by atoms with Crippen molar-refractivity contribution in [3.05, 3.63) is 32.2 Å². The number of hydrogen-bond acceptors (Lipinski definition) is 4. The molecule has 6 nitrogen and oxygen atoms in total. The van der Waals surface area contributed by atoms with Gasteiger partial charge < -0.3 is 10.3 Å². The summed E-state index contributed by atoms with van der Waals surface area (Å²) in [5, 5.41) is 10.4. The zero-order valence-electron chi connectivity index (χ0n) is 7.27. The largest absolute Gasteiger partial charge is 0.393 e. The number of rotatable bonds is 1. The maximum Gasteiger partial charge on any atom is 0.356 e. The van der Waals surface area contributed by atoms with Crippen molar-refractivity contribution in [1.29, 1.82) is 0 Å². The summed E-state index contributed by atoms with van der Waals surface area (Å²) in [5.74, 6) is 0. The van der Waals surface area contributed by atoms with Gasteiger partial charge in [-0.1, -0.05) is 0 Å². The molecule has 0 aliphatic rings. The number of nitrogen functional groups attached to an aromatic ring is 1. The van der Waals surface area contributed by atoms with E-state index in [9.17, 15) is 14.9 Å². The van der Waals surface area contributed by atoms with E-state index in [1.165, 1.54) is 17.7 Å². The number of aryl methyl sites for hydroxylation is 1. The molecule has 0 amide bonds. The zero-order valence-corrected chi connectivity index (χ0v) is 7.27. The van der Waals surface area contributed by atoms with Crippen molar-refractivity contribution in [2.24, 2.45) is 7.05 Å². The minimum absolute atomic E-state index is 0.0920. The molecule has 1 heterocycles. The summed E-state index contributed by atoms with van der Waals surface area (Å²) in [5.41, 5.74) is 4.60. The molecule has 0 saturated heterocycles. The van der Waals surface area contributed by atoms with Crippen LogP contribution in [0.1, 0.15) is 5.69 Å². The number of aromatic nitrogens is 1. The predicted molar refractivity (Wildman–Crippen MR) is 47.5 cm³/mol. The van der Waals surface area contributed by atoms with Crippen LogP contribution in [0.4, 0.5) is 11.4 Å². The second-order valence-electron chi connectivity index (χ2n) is 2.71. The molecule has 0 bridgehead atoms. The van der Waals surface area contributed by atoms with E-state index in [2.05, 4.69) is 0 Å². The van der Waals surface area contributed by atoms with Crippen LogP contribution in [0.2, 0.25) is 0 Å². The molecular formula is C7H9N3O3. The first-order valence-corrected chi connectivity index (χ1v) is 3.55. The van der Waals surface area contributed by atoms with Crippen LogP contribution in [-0.4, -0.2) is 9.49 Å². The van der Waals surface area contributed by atoms with Crippen LogP contribution in [0, 0.1) is 17.0 Å². The van der Waals surface area contributed by atoms with E-state index in [0.717, 1.165) is 0 Å². The van der Waals surface area contributed by atoms with Crippen molar-refractivity contribution >= 4 is 11.4 Å². The van der Waals surface area contributed by atoms with E-state index in [1.807, 2.05) is 0 Å². The van der Waals surface area contributed by atoms with Gasteiger partial charge in [0.1, 0.15) is 5.69 Å². The van der Waals surface area contributed by atoms with Crippen LogP contribution in [0.25, 0.3) is 0 Å². The summed E-state index contributed by atoms with van der Waals surface area (Å²) in [6.07, 6.45) is 0. The summed E-state index contributed by atoms with van der Waals surface area (Å²) in [4.78, 5) is 20.9. The smallest absolute Gasteiger partial charge is 0.356 e. The summed E-state index contributed by atoms with van der Waals surface area (Å²) in [6.45, 7) is 1.65. The Bertz CT molecular complexity index is 422. The SMILES string of the molecule is Cc1cc(N)c([N+](=O)[O-])c(=O)n1C. The second kappa shape index (κ2) is 2.89. The van der Waals surface area contributed by atoms with E-state index in [-0.39, 0.29) is 5.69 Å². The van der Waals surface area contributed by atoms with Crippen LogP contribution in [0.15, 0.2) is 10.9 Å². The number of anilines is 1. The standard InChI is InChI=1S/C7H9N3O3/c1-4-3-5(8)6(10(12)13)7(11)9(4)2/h3H,8H2,1-2H3. The third-order valence-electron chi connectivity index (χ3n) is 1.86. The van der Waals surface area contributed by atoms with Gasteiger partial charge in [0, 0.05) is 12.7 Å². The van der Waals surface area contributed by atoms with E-state index < -0.39 is 16.2 Å². The van der Waals surface area contributed by atoms with Gasteiger partial charge in [0.25, 0.3) is 0 Å². The molecule has 1 aromatic rings. The fourth-order valence-electron chi connectivity index (χ4n) is 1.02. The average Bonchev–Trinajstić information content (AvgIpc) is 1.99. The normalized spacial score (nSPS) is 10.0. The lowest BCUT2D eigenvalue weighted by molar-refractivity contribution is -0.385. The van der Waals surface area contributed by atoms with Crippen LogP contribution >= 0.6 is 0 Å². The summed E-state index contributed by atoms with van der Waals surface area (Å²) < 4.78 is 1.19. The number of nitro groups is 1. The predicted octanol–water partition coefficient (Wildman–Crippen LogP) is 0.184. The van der Waals surface area contributed by atoms with Gasteiger partial charge in [0.2, 0.25) is 0 Å². The quantitative estimate of drug-likeness (QED) is 0.496. The minimum Gasteiger partial charge on any atom is -0.393 e. The Hall–Kier alpha value is -1.85. The topological polar surface area (TPSA) is 91.2 Å². The first-order valence-electron chi connectivity index (χ1n) is 3.55. The molecular weight excluding hydrogens is 174 g/mol. The number of pyridine rings is 1. The third kappa shape index (κ3) is 1.37.